The molecular weight excluding hydrogens is 863 g/mol. The van der Waals surface area contributed by atoms with Crippen LogP contribution in [0, 0.1) is 0 Å². The molecule has 6 heteroatoms. The summed E-state index contributed by atoms with van der Waals surface area (Å²) in [7, 11) is 0. The molecule has 0 aromatic carbocycles. The summed E-state index contributed by atoms with van der Waals surface area (Å²) in [6.07, 6.45) is 70.6. The zero-order valence-corrected chi connectivity index (χ0v) is 47.8. The quantitative estimate of drug-likeness (QED) is 0.0390. The van der Waals surface area contributed by atoms with E-state index in [4.69, 9.17) is 0 Å². The number of carbonyl (C=O) groups excluding carboxylic acids is 1. The van der Waals surface area contributed by atoms with Crippen LogP contribution in [-0.2, 0) is 4.79 Å². The predicted octanol–water partition coefficient (Wildman–Crippen LogP) is 19.4. The van der Waals surface area contributed by atoms with Gasteiger partial charge < -0.3 is 25.7 Å². The molecule has 0 rings (SSSR count). The summed E-state index contributed by atoms with van der Waals surface area (Å²) < 4.78 is 0. The second-order valence-electron chi connectivity index (χ2n) is 22.8. The van der Waals surface area contributed by atoms with Gasteiger partial charge in [-0.2, -0.15) is 0 Å². The molecule has 1 amide bonds. The smallest absolute Gasteiger partial charge is 0.249 e. The molecule has 0 aromatic rings. The molecule has 0 saturated heterocycles. The van der Waals surface area contributed by atoms with E-state index in [1.807, 2.05) is 0 Å². The molecule has 0 bridgehead atoms. The zero-order valence-electron chi connectivity index (χ0n) is 47.8. The number of carbonyl (C=O) groups is 1. The van der Waals surface area contributed by atoms with Gasteiger partial charge in [0.2, 0.25) is 5.91 Å². The van der Waals surface area contributed by atoms with Gasteiger partial charge >= 0.3 is 0 Å². The number of unbranched alkanes of at least 4 members (excludes halogenated alkanes) is 52. The molecule has 420 valence electrons. The molecule has 0 spiro atoms. The number of hydrogen-bond acceptors (Lipinski definition) is 5. The van der Waals surface area contributed by atoms with Crippen molar-refractivity contribution in [3.8, 4) is 0 Å². The SMILES string of the molecule is CCCCCCCCCCCCCCCCCCCCCCCCCCCCCCCCCC(O)C(=O)NC(CO)C(O)C(O)CCCCCCCCCCCCCCCCCCCCCCCCC. The van der Waals surface area contributed by atoms with Gasteiger partial charge in [-0.05, 0) is 12.8 Å². The minimum atomic E-state index is -1.26. The molecule has 0 aliphatic rings. The first-order chi connectivity index (χ1) is 34.5. The summed E-state index contributed by atoms with van der Waals surface area (Å²) in [5, 5.41) is 44.2. The maximum atomic E-state index is 12.6. The fourth-order valence-corrected chi connectivity index (χ4v) is 10.8. The molecule has 70 heavy (non-hydrogen) atoms. The Morgan fingerprint density at radius 1 is 0.300 bits per heavy atom. The van der Waals surface area contributed by atoms with Gasteiger partial charge in [-0.1, -0.05) is 361 Å². The lowest BCUT2D eigenvalue weighted by molar-refractivity contribution is -0.132. The van der Waals surface area contributed by atoms with Crippen molar-refractivity contribution in [2.45, 2.75) is 398 Å². The first-order valence-electron chi connectivity index (χ1n) is 32.4. The number of aliphatic hydroxyl groups excluding tert-OH is 4. The Hall–Kier alpha value is -0.690. The Morgan fingerprint density at radius 2 is 0.486 bits per heavy atom. The van der Waals surface area contributed by atoms with E-state index in [1.54, 1.807) is 0 Å². The predicted molar refractivity (Wildman–Crippen MR) is 307 cm³/mol. The minimum absolute atomic E-state index is 0.377. The Bertz CT molecular complexity index is 979. The second kappa shape index (κ2) is 59.2. The Labute approximate surface area is 439 Å². The van der Waals surface area contributed by atoms with Crippen LogP contribution in [0.15, 0.2) is 0 Å². The van der Waals surface area contributed by atoms with Gasteiger partial charge in [0.05, 0.1) is 18.8 Å². The summed E-state index contributed by atoms with van der Waals surface area (Å²) in [5.74, 6) is -0.574. The monoisotopic (exact) mass is 992 g/mol. The normalized spacial score (nSPS) is 13.5. The van der Waals surface area contributed by atoms with Crippen LogP contribution in [0.25, 0.3) is 0 Å². The summed E-state index contributed by atoms with van der Waals surface area (Å²) in [5.41, 5.74) is 0. The van der Waals surface area contributed by atoms with Gasteiger partial charge in [-0.15, -0.1) is 0 Å². The fraction of sp³-hybridized carbons (Fsp3) is 0.984. The maximum Gasteiger partial charge on any atom is 0.249 e. The molecule has 0 saturated carbocycles. The third-order valence-corrected chi connectivity index (χ3v) is 15.8. The van der Waals surface area contributed by atoms with Gasteiger partial charge in [0.1, 0.15) is 12.2 Å². The number of amides is 1. The van der Waals surface area contributed by atoms with Crippen LogP contribution in [0.5, 0.6) is 0 Å². The van der Waals surface area contributed by atoms with Crippen molar-refractivity contribution in [3.63, 3.8) is 0 Å². The number of hydrogen-bond donors (Lipinski definition) is 5. The minimum Gasteiger partial charge on any atom is -0.394 e. The lowest BCUT2D eigenvalue weighted by Gasteiger charge is -2.27. The van der Waals surface area contributed by atoms with Gasteiger partial charge in [0.15, 0.2) is 0 Å². The molecule has 0 aliphatic carbocycles. The summed E-state index contributed by atoms with van der Waals surface area (Å²) >= 11 is 0. The second-order valence-corrected chi connectivity index (χ2v) is 22.8. The summed E-state index contributed by atoms with van der Waals surface area (Å²) in [4.78, 5) is 12.6. The van der Waals surface area contributed by atoms with Crippen molar-refractivity contribution in [2.75, 3.05) is 6.61 Å². The van der Waals surface area contributed by atoms with E-state index in [0.717, 1.165) is 38.5 Å². The van der Waals surface area contributed by atoms with Crippen molar-refractivity contribution in [1.29, 1.82) is 0 Å². The Balaban J connectivity index is 3.52. The van der Waals surface area contributed by atoms with E-state index in [2.05, 4.69) is 19.2 Å². The van der Waals surface area contributed by atoms with Crippen LogP contribution in [0.4, 0.5) is 0 Å². The molecule has 5 N–H and O–H groups in total. The number of nitrogens with one attached hydrogen (secondary N) is 1. The van der Waals surface area contributed by atoms with Gasteiger partial charge in [-0.3, -0.25) is 4.79 Å². The van der Waals surface area contributed by atoms with E-state index < -0.39 is 36.9 Å². The van der Waals surface area contributed by atoms with Crippen molar-refractivity contribution in [1.82, 2.24) is 5.32 Å². The van der Waals surface area contributed by atoms with Crippen LogP contribution in [0.2, 0.25) is 0 Å². The van der Waals surface area contributed by atoms with Gasteiger partial charge in [0.25, 0.3) is 0 Å². The zero-order chi connectivity index (χ0) is 50.9. The Kier molecular flexibility index (Phi) is 58.6. The van der Waals surface area contributed by atoms with Crippen LogP contribution in [0.1, 0.15) is 373 Å². The standard InChI is InChI=1S/C64H129NO5/c1-3-5-7-9-11-13-15-17-19-21-23-25-27-28-29-30-31-32-33-34-36-38-40-42-44-46-48-50-52-54-56-58-62(68)64(70)65-60(59-66)63(69)61(67)57-55-53-51-49-47-45-43-41-39-37-35-26-24-22-20-18-16-14-12-10-8-6-4-2/h60-63,66-69H,3-59H2,1-2H3,(H,65,70). The molecule has 0 aromatic heterocycles. The van der Waals surface area contributed by atoms with Crippen LogP contribution >= 0.6 is 0 Å². The molecule has 6 nitrogen and oxygen atoms in total. The molecule has 4 unspecified atom stereocenters. The molecule has 0 radical (unpaired) electrons. The summed E-state index contributed by atoms with van der Waals surface area (Å²) in [6, 6.07) is -0.981. The molecule has 0 heterocycles. The van der Waals surface area contributed by atoms with E-state index in [1.165, 1.54) is 308 Å². The van der Waals surface area contributed by atoms with Gasteiger partial charge in [0, 0.05) is 0 Å². The third kappa shape index (κ3) is 52.2. The topological polar surface area (TPSA) is 110 Å². The first kappa shape index (κ1) is 69.3. The highest BCUT2D eigenvalue weighted by molar-refractivity contribution is 5.80. The summed E-state index contributed by atoms with van der Waals surface area (Å²) in [6.45, 7) is 4.11. The average molecular weight is 993 g/mol. The van der Waals surface area contributed by atoms with Crippen LogP contribution in [0.3, 0.4) is 0 Å². The highest BCUT2D eigenvalue weighted by Gasteiger charge is 2.28. The van der Waals surface area contributed by atoms with Crippen molar-refractivity contribution < 1.29 is 25.2 Å². The van der Waals surface area contributed by atoms with E-state index >= 15 is 0 Å². The highest BCUT2D eigenvalue weighted by atomic mass is 16.3. The molecular formula is C64H129NO5. The van der Waals surface area contributed by atoms with E-state index in [9.17, 15) is 25.2 Å². The molecule has 0 aliphatic heterocycles. The number of aliphatic hydroxyl groups is 4. The maximum absolute atomic E-state index is 12.6. The lowest BCUT2D eigenvalue weighted by Crippen LogP contribution is -2.53. The lowest BCUT2D eigenvalue weighted by atomic mass is 9.99. The Morgan fingerprint density at radius 3 is 0.686 bits per heavy atom. The van der Waals surface area contributed by atoms with E-state index in [0.29, 0.717) is 12.8 Å². The average Bonchev–Trinajstić information content (AvgIpc) is 3.36. The fourth-order valence-electron chi connectivity index (χ4n) is 10.8. The third-order valence-electron chi connectivity index (χ3n) is 15.8. The molecule has 4 atom stereocenters. The van der Waals surface area contributed by atoms with Crippen LogP contribution < -0.4 is 5.32 Å². The van der Waals surface area contributed by atoms with Crippen molar-refractivity contribution in [2.24, 2.45) is 0 Å². The van der Waals surface area contributed by atoms with Gasteiger partial charge in [-0.25, -0.2) is 0 Å². The first-order valence-corrected chi connectivity index (χ1v) is 32.4. The number of rotatable bonds is 61. The molecule has 0 fully saturated rings. The van der Waals surface area contributed by atoms with Crippen molar-refractivity contribution >= 4 is 5.91 Å². The van der Waals surface area contributed by atoms with Crippen LogP contribution in [-0.4, -0.2) is 57.3 Å². The largest absolute Gasteiger partial charge is 0.394 e. The van der Waals surface area contributed by atoms with E-state index in [-0.39, 0.29) is 0 Å². The van der Waals surface area contributed by atoms with Crippen molar-refractivity contribution in [3.05, 3.63) is 0 Å². The highest BCUT2D eigenvalue weighted by Crippen LogP contribution is 2.20.